The summed E-state index contributed by atoms with van der Waals surface area (Å²) in [6.45, 7) is 1.96. The Morgan fingerprint density at radius 2 is 1.62 bits per heavy atom. The molecule has 0 unspecified atom stereocenters. The minimum atomic E-state index is -0.945. The fourth-order valence-corrected chi connectivity index (χ4v) is 3.49. The Hall–Kier alpha value is -3.41. The van der Waals surface area contributed by atoms with E-state index in [2.05, 4.69) is 5.10 Å². The summed E-state index contributed by atoms with van der Waals surface area (Å²) in [6, 6.07) is 19.0. The van der Waals surface area contributed by atoms with Crippen LogP contribution in [0.4, 0.5) is 0 Å². The second kappa shape index (κ2) is 8.73. The molecule has 0 aliphatic carbocycles. The smallest absolute Gasteiger partial charge is 0.342 e. The van der Waals surface area contributed by atoms with Gasteiger partial charge in [0.1, 0.15) is 0 Å². The number of hydrogen-bond acceptors (Lipinski definition) is 4. The van der Waals surface area contributed by atoms with E-state index in [-0.39, 0.29) is 5.91 Å². The Balaban J connectivity index is 1.50. The number of likely N-dealkylation sites (tertiary alicyclic amines) is 1. The standard InChI is InChI=1S/C23H23N3O3/c27-22(25-13-7-8-14-25)21(19-11-5-2-6-12-19)29-23(28)20-15-24-26(17-20)16-18-9-3-1-4-10-18/h1-6,9-12,15,17,21H,7-8,13-14,16H2/t21-/m1/s1. The van der Waals surface area contributed by atoms with Gasteiger partial charge in [-0.25, -0.2) is 4.79 Å². The Morgan fingerprint density at radius 3 is 2.31 bits per heavy atom. The number of rotatable bonds is 6. The first-order valence-electron chi connectivity index (χ1n) is 9.82. The van der Waals surface area contributed by atoms with Crippen molar-refractivity contribution in [1.29, 1.82) is 0 Å². The molecular weight excluding hydrogens is 366 g/mol. The minimum absolute atomic E-state index is 0.168. The van der Waals surface area contributed by atoms with E-state index in [1.54, 1.807) is 15.8 Å². The number of benzene rings is 2. The van der Waals surface area contributed by atoms with Crippen molar-refractivity contribution in [3.05, 3.63) is 89.7 Å². The van der Waals surface area contributed by atoms with Crippen LogP contribution in [0.1, 0.15) is 40.4 Å². The average Bonchev–Trinajstić information content (AvgIpc) is 3.45. The number of amides is 1. The lowest BCUT2D eigenvalue weighted by Crippen LogP contribution is -2.34. The van der Waals surface area contributed by atoms with Gasteiger partial charge in [-0.3, -0.25) is 9.48 Å². The van der Waals surface area contributed by atoms with Crippen LogP contribution in [0.25, 0.3) is 0 Å². The van der Waals surface area contributed by atoms with Gasteiger partial charge < -0.3 is 9.64 Å². The number of carbonyl (C=O) groups excluding carboxylic acids is 2. The summed E-state index contributed by atoms with van der Waals surface area (Å²) in [6.07, 6.45) is 4.14. The number of aromatic nitrogens is 2. The summed E-state index contributed by atoms with van der Waals surface area (Å²) in [5, 5.41) is 4.26. The number of nitrogens with zero attached hydrogens (tertiary/aromatic N) is 3. The van der Waals surface area contributed by atoms with Gasteiger partial charge in [0, 0.05) is 24.8 Å². The number of ether oxygens (including phenoxy) is 1. The van der Waals surface area contributed by atoms with E-state index in [1.165, 1.54) is 6.20 Å². The van der Waals surface area contributed by atoms with Crippen LogP contribution in [0.15, 0.2) is 73.1 Å². The second-order valence-electron chi connectivity index (χ2n) is 7.14. The van der Waals surface area contributed by atoms with Gasteiger partial charge in [-0.1, -0.05) is 60.7 Å². The minimum Gasteiger partial charge on any atom is -0.444 e. The van der Waals surface area contributed by atoms with Crippen LogP contribution in [-0.2, 0) is 16.1 Å². The summed E-state index contributed by atoms with van der Waals surface area (Å²) in [5.41, 5.74) is 2.09. The summed E-state index contributed by atoms with van der Waals surface area (Å²) in [7, 11) is 0. The predicted molar refractivity (Wildman–Crippen MR) is 108 cm³/mol. The molecular formula is C23H23N3O3. The summed E-state index contributed by atoms with van der Waals surface area (Å²) < 4.78 is 7.36. The van der Waals surface area contributed by atoms with Gasteiger partial charge in [-0.05, 0) is 18.4 Å². The van der Waals surface area contributed by atoms with Crippen molar-refractivity contribution in [1.82, 2.24) is 14.7 Å². The van der Waals surface area contributed by atoms with Gasteiger partial charge in [-0.2, -0.15) is 5.10 Å². The van der Waals surface area contributed by atoms with Crippen molar-refractivity contribution < 1.29 is 14.3 Å². The normalized spacial score (nSPS) is 14.6. The lowest BCUT2D eigenvalue weighted by atomic mass is 10.1. The largest absolute Gasteiger partial charge is 0.444 e. The van der Waals surface area contributed by atoms with Crippen molar-refractivity contribution >= 4 is 11.9 Å². The molecule has 0 bridgehead atoms. The third-order valence-electron chi connectivity index (χ3n) is 5.03. The van der Waals surface area contributed by atoms with Gasteiger partial charge in [0.25, 0.3) is 5.91 Å². The first-order chi connectivity index (χ1) is 14.2. The van der Waals surface area contributed by atoms with Crippen LogP contribution in [-0.4, -0.2) is 39.6 Å². The fourth-order valence-electron chi connectivity index (χ4n) is 3.49. The molecule has 0 saturated carbocycles. The van der Waals surface area contributed by atoms with Gasteiger partial charge in [0.15, 0.2) is 0 Å². The van der Waals surface area contributed by atoms with E-state index in [4.69, 9.17) is 4.74 Å². The molecule has 2 aromatic carbocycles. The Kier molecular flexibility index (Phi) is 5.70. The molecule has 1 atom stereocenters. The summed E-state index contributed by atoms with van der Waals surface area (Å²) in [4.78, 5) is 27.5. The van der Waals surface area contributed by atoms with Crippen molar-refractivity contribution in [3.8, 4) is 0 Å². The molecule has 1 amide bonds. The average molecular weight is 389 g/mol. The molecule has 1 aliphatic heterocycles. The zero-order chi connectivity index (χ0) is 20.1. The van der Waals surface area contributed by atoms with Crippen LogP contribution < -0.4 is 0 Å². The van der Waals surface area contributed by atoms with E-state index >= 15 is 0 Å². The molecule has 29 heavy (non-hydrogen) atoms. The highest BCUT2D eigenvalue weighted by molar-refractivity contribution is 5.92. The first-order valence-corrected chi connectivity index (χ1v) is 9.82. The van der Waals surface area contributed by atoms with Gasteiger partial charge in [0.05, 0.1) is 18.3 Å². The fraction of sp³-hybridized carbons (Fsp3) is 0.261. The highest BCUT2D eigenvalue weighted by Crippen LogP contribution is 2.24. The third kappa shape index (κ3) is 4.54. The van der Waals surface area contributed by atoms with E-state index in [1.807, 2.05) is 60.7 Å². The van der Waals surface area contributed by atoms with E-state index in [0.29, 0.717) is 30.8 Å². The second-order valence-corrected chi connectivity index (χ2v) is 7.14. The van der Waals surface area contributed by atoms with E-state index < -0.39 is 12.1 Å². The maximum absolute atomic E-state index is 13.0. The van der Waals surface area contributed by atoms with Gasteiger partial charge >= 0.3 is 5.97 Å². The van der Waals surface area contributed by atoms with Crippen molar-refractivity contribution in [3.63, 3.8) is 0 Å². The molecule has 2 heterocycles. The lowest BCUT2D eigenvalue weighted by Gasteiger charge is -2.23. The Labute approximate surface area is 169 Å². The number of hydrogen-bond donors (Lipinski definition) is 0. The van der Waals surface area contributed by atoms with Crippen molar-refractivity contribution in [2.24, 2.45) is 0 Å². The molecule has 1 saturated heterocycles. The quantitative estimate of drug-likeness (QED) is 0.606. The molecule has 6 nitrogen and oxygen atoms in total. The monoisotopic (exact) mass is 389 g/mol. The van der Waals surface area contributed by atoms with Gasteiger partial charge in [-0.15, -0.1) is 0 Å². The van der Waals surface area contributed by atoms with Crippen molar-refractivity contribution in [2.45, 2.75) is 25.5 Å². The summed E-state index contributed by atoms with van der Waals surface area (Å²) >= 11 is 0. The van der Waals surface area contributed by atoms with Crippen LogP contribution in [0, 0.1) is 0 Å². The Morgan fingerprint density at radius 1 is 0.966 bits per heavy atom. The number of esters is 1. The van der Waals surface area contributed by atoms with Crippen LogP contribution in [0.3, 0.4) is 0 Å². The van der Waals surface area contributed by atoms with E-state index in [0.717, 1.165) is 18.4 Å². The van der Waals surface area contributed by atoms with Crippen LogP contribution >= 0.6 is 0 Å². The third-order valence-corrected chi connectivity index (χ3v) is 5.03. The molecule has 1 fully saturated rings. The zero-order valence-corrected chi connectivity index (χ0v) is 16.1. The first kappa shape index (κ1) is 18.9. The van der Waals surface area contributed by atoms with Gasteiger partial charge in [0.2, 0.25) is 6.10 Å². The highest BCUT2D eigenvalue weighted by Gasteiger charge is 2.31. The zero-order valence-electron chi connectivity index (χ0n) is 16.1. The maximum Gasteiger partial charge on any atom is 0.342 e. The number of carbonyl (C=O) groups is 2. The molecule has 0 radical (unpaired) electrons. The molecule has 0 N–H and O–H groups in total. The maximum atomic E-state index is 13.0. The highest BCUT2D eigenvalue weighted by atomic mass is 16.5. The lowest BCUT2D eigenvalue weighted by molar-refractivity contribution is -0.140. The SMILES string of the molecule is O=C(O[C@@H](C(=O)N1CCCC1)c1ccccc1)c1cnn(Cc2ccccc2)c1. The van der Waals surface area contributed by atoms with Crippen LogP contribution in [0.2, 0.25) is 0 Å². The topological polar surface area (TPSA) is 64.4 Å². The summed E-state index contributed by atoms with van der Waals surface area (Å²) in [5.74, 6) is -0.718. The molecule has 6 heteroatoms. The van der Waals surface area contributed by atoms with E-state index in [9.17, 15) is 9.59 Å². The van der Waals surface area contributed by atoms with Crippen molar-refractivity contribution in [2.75, 3.05) is 13.1 Å². The molecule has 3 aromatic rings. The predicted octanol–water partition coefficient (Wildman–Crippen LogP) is 3.45. The molecule has 148 valence electrons. The molecule has 1 aromatic heterocycles. The Bertz CT molecular complexity index is 963. The molecule has 4 rings (SSSR count). The molecule has 1 aliphatic rings. The van der Waals surface area contributed by atoms with Crippen LogP contribution in [0.5, 0.6) is 0 Å². The molecule has 0 spiro atoms.